The highest BCUT2D eigenvalue weighted by atomic mass is 35.5. The molecule has 0 aliphatic carbocycles. The second kappa shape index (κ2) is 9.11. The van der Waals surface area contributed by atoms with Gasteiger partial charge in [0.15, 0.2) is 0 Å². The van der Waals surface area contributed by atoms with E-state index in [9.17, 15) is 0 Å². The molecule has 0 heterocycles. The maximum atomic E-state index is 8.59. The molecule has 1 aromatic rings. The summed E-state index contributed by atoms with van der Waals surface area (Å²) in [6.07, 6.45) is 2.72. The molecule has 1 atom stereocenters. The molecule has 18 heavy (non-hydrogen) atoms. The third kappa shape index (κ3) is 5.65. The number of benzene rings is 1. The van der Waals surface area contributed by atoms with Crippen LogP contribution >= 0.6 is 11.6 Å². The Bertz CT molecular complexity index is 357. The first-order chi connectivity index (χ1) is 8.77. The zero-order chi connectivity index (χ0) is 13.2. The summed E-state index contributed by atoms with van der Waals surface area (Å²) in [6.45, 7) is 5.51. The summed E-state index contributed by atoms with van der Waals surface area (Å²) in [5.74, 6) is 0. The van der Waals surface area contributed by atoms with Gasteiger partial charge in [-0.2, -0.15) is 0 Å². The zero-order valence-electron chi connectivity index (χ0n) is 10.4. The molecule has 0 amide bonds. The van der Waals surface area contributed by atoms with Crippen LogP contribution < -0.4 is 5.32 Å². The predicted octanol–water partition coefficient (Wildman–Crippen LogP) is 2.56. The Balaban J connectivity index is 2.46. The largest absolute Gasteiger partial charge is 0.394 e. The van der Waals surface area contributed by atoms with E-state index in [2.05, 4.69) is 11.9 Å². The molecule has 0 radical (unpaired) electrons. The topological polar surface area (TPSA) is 41.5 Å². The Morgan fingerprint density at radius 2 is 2.28 bits per heavy atom. The van der Waals surface area contributed by atoms with Crippen LogP contribution in [0.1, 0.15) is 18.0 Å². The van der Waals surface area contributed by atoms with E-state index < -0.39 is 0 Å². The monoisotopic (exact) mass is 269 g/mol. The number of hydrogen-bond donors (Lipinski definition) is 2. The summed E-state index contributed by atoms with van der Waals surface area (Å²) in [5.41, 5.74) is 1.14. The van der Waals surface area contributed by atoms with Gasteiger partial charge in [0.25, 0.3) is 0 Å². The number of hydrogen-bond acceptors (Lipinski definition) is 3. The number of aliphatic hydroxyl groups excluding tert-OH is 1. The van der Waals surface area contributed by atoms with Crippen LogP contribution in [0.15, 0.2) is 36.9 Å². The van der Waals surface area contributed by atoms with Crippen molar-refractivity contribution in [1.82, 2.24) is 5.32 Å². The molecule has 2 N–H and O–H groups in total. The van der Waals surface area contributed by atoms with Gasteiger partial charge in [-0.05, 0) is 24.1 Å². The van der Waals surface area contributed by atoms with Crippen molar-refractivity contribution in [1.29, 1.82) is 0 Å². The first-order valence-electron chi connectivity index (χ1n) is 6.06. The van der Waals surface area contributed by atoms with Crippen LogP contribution in [0.25, 0.3) is 0 Å². The first-order valence-corrected chi connectivity index (χ1v) is 6.44. The third-order valence-electron chi connectivity index (χ3n) is 2.53. The highest BCUT2D eigenvalue weighted by molar-refractivity contribution is 6.30. The van der Waals surface area contributed by atoms with Crippen molar-refractivity contribution in [3.63, 3.8) is 0 Å². The molecule has 0 aromatic heterocycles. The summed E-state index contributed by atoms with van der Waals surface area (Å²) in [6, 6.07) is 8.00. The molecule has 1 unspecified atom stereocenters. The van der Waals surface area contributed by atoms with E-state index >= 15 is 0 Å². The molecule has 0 fully saturated rings. The maximum absolute atomic E-state index is 8.59. The van der Waals surface area contributed by atoms with Gasteiger partial charge in [-0.25, -0.2) is 0 Å². The first kappa shape index (κ1) is 15.2. The summed E-state index contributed by atoms with van der Waals surface area (Å²) >= 11 is 5.99. The second-order valence-electron chi connectivity index (χ2n) is 3.92. The Labute approximate surface area is 113 Å². The van der Waals surface area contributed by atoms with E-state index in [1.807, 2.05) is 30.3 Å². The standard InChI is InChI=1S/C14H20ClNO2/c1-2-4-14(16-7-9-18-10-8-17)12-5-3-6-13(15)11-12/h2-3,5-6,11,14,16-17H,1,4,7-10H2. The van der Waals surface area contributed by atoms with Gasteiger partial charge in [0.05, 0.1) is 19.8 Å². The van der Waals surface area contributed by atoms with Crippen LogP contribution in [-0.2, 0) is 4.74 Å². The van der Waals surface area contributed by atoms with Gasteiger partial charge in [-0.1, -0.05) is 29.8 Å². The van der Waals surface area contributed by atoms with Crippen molar-refractivity contribution in [3.05, 3.63) is 47.5 Å². The van der Waals surface area contributed by atoms with Gasteiger partial charge in [-0.15, -0.1) is 6.58 Å². The van der Waals surface area contributed by atoms with Gasteiger partial charge in [-0.3, -0.25) is 0 Å². The van der Waals surface area contributed by atoms with E-state index in [1.54, 1.807) is 0 Å². The molecule has 0 saturated carbocycles. The summed E-state index contributed by atoms with van der Waals surface area (Å²) in [7, 11) is 0. The van der Waals surface area contributed by atoms with Crippen LogP contribution in [0.4, 0.5) is 0 Å². The van der Waals surface area contributed by atoms with E-state index in [0.29, 0.717) is 13.2 Å². The van der Waals surface area contributed by atoms with Crippen LogP contribution in [0, 0.1) is 0 Å². The summed E-state index contributed by atoms with van der Waals surface area (Å²) < 4.78 is 5.21. The molecule has 0 saturated heterocycles. The second-order valence-corrected chi connectivity index (χ2v) is 4.36. The van der Waals surface area contributed by atoms with Crippen LogP contribution in [0.3, 0.4) is 0 Å². The fourth-order valence-electron chi connectivity index (χ4n) is 1.70. The molecule has 1 rings (SSSR count). The van der Waals surface area contributed by atoms with Gasteiger partial charge in [0, 0.05) is 17.6 Å². The average molecular weight is 270 g/mol. The van der Waals surface area contributed by atoms with Gasteiger partial charge in [0.2, 0.25) is 0 Å². The lowest BCUT2D eigenvalue weighted by atomic mass is 10.0. The van der Waals surface area contributed by atoms with E-state index in [4.69, 9.17) is 21.4 Å². The van der Waals surface area contributed by atoms with Crippen molar-refractivity contribution in [2.75, 3.05) is 26.4 Å². The number of rotatable bonds is 9. The molecule has 0 aliphatic heterocycles. The van der Waals surface area contributed by atoms with E-state index in [1.165, 1.54) is 0 Å². The number of halogens is 1. The minimum absolute atomic E-state index is 0.0599. The van der Waals surface area contributed by atoms with Gasteiger partial charge in [0.1, 0.15) is 0 Å². The number of nitrogens with one attached hydrogen (secondary N) is 1. The maximum Gasteiger partial charge on any atom is 0.0698 e. The quantitative estimate of drug-likeness (QED) is 0.535. The molecular formula is C14H20ClNO2. The molecule has 100 valence electrons. The molecule has 0 aliphatic rings. The highest BCUT2D eigenvalue weighted by Gasteiger charge is 2.09. The molecule has 4 heteroatoms. The molecule has 0 spiro atoms. The van der Waals surface area contributed by atoms with Gasteiger partial charge >= 0.3 is 0 Å². The Hall–Kier alpha value is -0.870. The number of ether oxygens (including phenoxy) is 1. The minimum atomic E-state index is 0.0599. The fraction of sp³-hybridized carbons (Fsp3) is 0.429. The lowest BCUT2D eigenvalue weighted by Gasteiger charge is -2.18. The third-order valence-corrected chi connectivity index (χ3v) is 2.76. The lowest BCUT2D eigenvalue weighted by Crippen LogP contribution is -2.25. The Morgan fingerprint density at radius 3 is 2.94 bits per heavy atom. The van der Waals surface area contributed by atoms with Crippen LogP contribution in [0.5, 0.6) is 0 Å². The van der Waals surface area contributed by atoms with Crippen molar-refractivity contribution in [2.24, 2.45) is 0 Å². The minimum Gasteiger partial charge on any atom is -0.394 e. The van der Waals surface area contributed by atoms with Crippen LogP contribution in [-0.4, -0.2) is 31.5 Å². The van der Waals surface area contributed by atoms with Crippen molar-refractivity contribution in [2.45, 2.75) is 12.5 Å². The fourth-order valence-corrected chi connectivity index (χ4v) is 1.90. The van der Waals surface area contributed by atoms with Crippen molar-refractivity contribution < 1.29 is 9.84 Å². The molecule has 1 aromatic carbocycles. The molecule has 3 nitrogen and oxygen atoms in total. The van der Waals surface area contributed by atoms with Crippen LogP contribution in [0.2, 0.25) is 5.02 Å². The molecule has 0 bridgehead atoms. The number of aliphatic hydroxyl groups is 1. The predicted molar refractivity (Wildman–Crippen MR) is 74.9 cm³/mol. The van der Waals surface area contributed by atoms with E-state index in [0.717, 1.165) is 23.6 Å². The molecular weight excluding hydrogens is 250 g/mol. The lowest BCUT2D eigenvalue weighted by molar-refractivity contribution is 0.0926. The zero-order valence-corrected chi connectivity index (χ0v) is 11.2. The summed E-state index contributed by atoms with van der Waals surface area (Å²) in [4.78, 5) is 0. The Morgan fingerprint density at radius 1 is 1.44 bits per heavy atom. The highest BCUT2D eigenvalue weighted by Crippen LogP contribution is 2.20. The Kier molecular flexibility index (Phi) is 7.69. The van der Waals surface area contributed by atoms with E-state index in [-0.39, 0.29) is 12.6 Å². The van der Waals surface area contributed by atoms with Crippen molar-refractivity contribution >= 4 is 11.6 Å². The smallest absolute Gasteiger partial charge is 0.0698 e. The summed E-state index contributed by atoms with van der Waals surface area (Å²) in [5, 5.41) is 12.7. The van der Waals surface area contributed by atoms with Gasteiger partial charge < -0.3 is 15.2 Å². The van der Waals surface area contributed by atoms with Crippen molar-refractivity contribution in [3.8, 4) is 0 Å². The SMILES string of the molecule is C=CCC(NCCOCCO)c1cccc(Cl)c1. The normalized spacial score (nSPS) is 12.3. The average Bonchev–Trinajstić information content (AvgIpc) is 2.37.